The Balaban J connectivity index is 1.93. The van der Waals surface area contributed by atoms with Gasteiger partial charge in [0.2, 0.25) is 5.60 Å². The second kappa shape index (κ2) is 7.94. The summed E-state index contributed by atoms with van der Waals surface area (Å²) in [4.78, 5) is 0. The van der Waals surface area contributed by atoms with E-state index in [1.807, 2.05) is 0 Å². The normalized spacial score (nSPS) is 15.9. The second-order valence-corrected chi connectivity index (χ2v) is 7.08. The van der Waals surface area contributed by atoms with Crippen molar-refractivity contribution in [1.82, 2.24) is 0 Å². The summed E-state index contributed by atoms with van der Waals surface area (Å²) in [6, 6.07) is 11.1. The number of aliphatic hydroxyl groups is 1. The minimum Gasteiger partial charge on any atom is -0.497 e. The highest BCUT2D eigenvalue weighted by atomic mass is 35.5. The Morgan fingerprint density at radius 3 is 2.43 bits per heavy atom. The van der Waals surface area contributed by atoms with Gasteiger partial charge in [0, 0.05) is 28.7 Å². The second-order valence-electron chi connectivity index (χ2n) is 6.64. The average Bonchev–Trinajstić information content (AvgIpc) is 3.49. The molecule has 0 heterocycles. The minimum absolute atomic E-state index is 0.0842. The Hall–Kier alpha value is -2.36. The van der Waals surface area contributed by atoms with E-state index in [1.165, 1.54) is 12.1 Å². The maximum absolute atomic E-state index is 13.8. The zero-order valence-electron chi connectivity index (χ0n) is 15.1. The molecular formula is C21H19ClF3NO2. The molecule has 0 saturated heterocycles. The molecule has 2 N–H and O–H groups in total. The van der Waals surface area contributed by atoms with E-state index in [0.717, 1.165) is 24.5 Å². The first-order chi connectivity index (χ1) is 13.2. The molecule has 0 amide bonds. The molecule has 1 atom stereocenters. The maximum atomic E-state index is 13.8. The van der Waals surface area contributed by atoms with E-state index < -0.39 is 17.3 Å². The molecule has 0 radical (unpaired) electrons. The highest BCUT2D eigenvalue weighted by molar-refractivity contribution is 6.30. The number of methoxy groups -OCH3 is 1. The maximum Gasteiger partial charge on any atom is 0.433 e. The van der Waals surface area contributed by atoms with Gasteiger partial charge in [-0.2, -0.15) is 13.2 Å². The van der Waals surface area contributed by atoms with Gasteiger partial charge in [0.1, 0.15) is 5.75 Å². The van der Waals surface area contributed by atoms with Crippen LogP contribution in [0.25, 0.3) is 0 Å². The van der Waals surface area contributed by atoms with Crippen LogP contribution in [0.5, 0.6) is 5.75 Å². The number of hydrogen-bond donors (Lipinski definition) is 2. The van der Waals surface area contributed by atoms with Gasteiger partial charge in [0.15, 0.2) is 0 Å². The van der Waals surface area contributed by atoms with E-state index >= 15 is 0 Å². The van der Waals surface area contributed by atoms with Crippen molar-refractivity contribution in [3.8, 4) is 17.6 Å². The van der Waals surface area contributed by atoms with Crippen molar-refractivity contribution >= 4 is 17.3 Å². The van der Waals surface area contributed by atoms with E-state index in [1.54, 1.807) is 31.4 Å². The summed E-state index contributed by atoms with van der Waals surface area (Å²) >= 11 is 5.93. The Morgan fingerprint density at radius 1 is 1.18 bits per heavy atom. The predicted octanol–water partition coefficient (Wildman–Crippen LogP) is 5.12. The molecule has 2 aromatic carbocycles. The quantitative estimate of drug-likeness (QED) is 0.673. The third-order valence-electron chi connectivity index (χ3n) is 4.46. The van der Waals surface area contributed by atoms with Crippen molar-refractivity contribution in [1.29, 1.82) is 0 Å². The van der Waals surface area contributed by atoms with E-state index in [4.69, 9.17) is 16.3 Å². The van der Waals surface area contributed by atoms with Crippen LogP contribution in [0.4, 0.5) is 18.9 Å². The fourth-order valence-corrected chi connectivity index (χ4v) is 2.81. The van der Waals surface area contributed by atoms with Crippen LogP contribution >= 0.6 is 11.6 Å². The number of rotatable bonds is 5. The molecule has 7 heteroatoms. The van der Waals surface area contributed by atoms with Crippen LogP contribution in [-0.2, 0) is 12.1 Å². The molecule has 0 aliphatic heterocycles. The van der Waals surface area contributed by atoms with Gasteiger partial charge in [-0.25, -0.2) is 0 Å². The van der Waals surface area contributed by atoms with Crippen molar-refractivity contribution in [2.45, 2.75) is 31.2 Å². The van der Waals surface area contributed by atoms with Crippen LogP contribution < -0.4 is 10.1 Å². The minimum atomic E-state index is -4.98. The highest BCUT2D eigenvalue weighted by Crippen LogP contribution is 2.43. The van der Waals surface area contributed by atoms with Gasteiger partial charge < -0.3 is 15.2 Å². The zero-order chi connectivity index (χ0) is 20.4. The standard InChI is InChI=1S/C21H19ClF3NO2/c1-28-17-7-4-15(5-8-17)13-26-19-9-6-16(22)12-18(19)20(27,21(23,24)25)11-10-14-2-3-14/h4-9,12,14,26-27H,2-3,13H2,1H3/t20-/m0/s1. The number of anilines is 1. The first-order valence-electron chi connectivity index (χ1n) is 8.71. The van der Waals surface area contributed by atoms with Gasteiger partial charge in [0.25, 0.3) is 0 Å². The van der Waals surface area contributed by atoms with Gasteiger partial charge in [-0.1, -0.05) is 35.6 Å². The molecule has 1 aliphatic rings. The monoisotopic (exact) mass is 409 g/mol. The molecule has 0 bridgehead atoms. The van der Waals surface area contributed by atoms with Crippen molar-refractivity contribution in [2.24, 2.45) is 5.92 Å². The van der Waals surface area contributed by atoms with E-state index in [2.05, 4.69) is 17.2 Å². The SMILES string of the molecule is COc1ccc(CNc2ccc(Cl)cc2[C@@](O)(C#CC2CC2)C(F)(F)F)cc1. The number of ether oxygens (including phenoxy) is 1. The molecular weight excluding hydrogens is 391 g/mol. The molecule has 2 aromatic rings. The lowest BCUT2D eigenvalue weighted by Gasteiger charge is -2.28. The highest BCUT2D eigenvalue weighted by Gasteiger charge is 2.55. The molecule has 3 nitrogen and oxygen atoms in total. The topological polar surface area (TPSA) is 41.5 Å². The number of hydrogen-bond acceptors (Lipinski definition) is 3. The van der Waals surface area contributed by atoms with Crippen LogP contribution in [0, 0.1) is 17.8 Å². The molecule has 0 unspecified atom stereocenters. The summed E-state index contributed by atoms with van der Waals surface area (Å²) in [5.41, 5.74) is -2.76. The summed E-state index contributed by atoms with van der Waals surface area (Å²) in [7, 11) is 1.55. The Kier molecular flexibility index (Phi) is 5.78. The lowest BCUT2D eigenvalue weighted by Crippen LogP contribution is -2.41. The summed E-state index contributed by atoms with van der Waals surface area (Å²) < 4.78 is 46.4. The van der Waals surface area contributed by atoms with Crippen LogP contribution in [-0.4, -0.2) is 18.4 Å². The predicted molar refractivity (Wildman–Crippen MR) is 102 cm³/mol. The van der Waals surface area contributed by atoms with Crippen LogP contribution in [0.15, 0.2) is 42.5 Å². The number of nitrogens with one attached hydrogen (secondary N) is 1. The molecule has 0 spiro atoms. The summed E-state index contributed by atoms with van der Waals surface area (Å²) in [6.07, 6.45) is -3.48. The lowest BCUT2D eigenvalue weighted by atomic mass is 9.91. The molecule has 3 rings (SSSR count). The number of benzene rings is 2. The Bertz CT molecular complexity index is 899. The fraction of sp³-hybridized carbons (Fsp3) is 0.333. The van der Waals surface area contributed by atoms with Gasteiger partial charge in [-0.3, -0.25) is 0 Å². The fourth-order valence-electron chi connectivity index (χ4n) is 2.64. The van der Waals surface area contributed by atoms with Gasteiger partial charge >= 0.3 is 6.18 Å². The van der Waals surface area contributed by atoms with Crippen molar-refractivity contribution in [3.05, 3.63) is 58.6 Å². The summed E-state index contributed by atoms with van der Waals surface area (Å²) in [6.45, 7) is 0.253. The van der Waals surface area contributed by atoms with Crippen LogP contribution in [0.3, 0.4) is 0 Å². The van der Waals surface area contributed by atoms with Gasteiger partial charge in [-0.05, 0) is 48.7 Å². The van der Waals surface area contributed by atoms with E-state index in [9.17, 15) is 18.3 Å². The molecule has 0 aromatic heterocycles. The molecule has 28 heavy (non-hydrogen) atoms. The van der Waals surface area contributed by atoms with Gasteiger partial charge in [-0.15, -0.1) is 0 Å². The lowest BCUT2D eigenvalue weighted by molar-refractivity contribution is -0.240. The Labute approximate surface area is 166 Å². The Morgan fingerprint density at radius 2 is 1.86 bits per heavy atom. The smallest absolute Gasteiger partial charge is 0.433 e. The van der Waals surface area contributed by atoms with Crippen LogP contribution in [0.2, 0.25) is 5.02 Å². The zero-order valence-corrected chi connectivity index (χ0v) is 15.9. The molecule has 1 aliphatic carbocycles. The third-order valence-corrected chi connectivity index (χ3v) is 4.69. The van der Waals surface area contributed by atoms with E-state index in [0.29, 0.717) is 5.75 Å². The molecule has 1 fully saturated rings. The number of alkyl halides is 3. The third kappa shape index (κ3) is 4.54. The summed E-state index contributed by atoms with van der Waals surface area (Å²) in [5, 5.41) is 13.6. The van der Waals surface area contributed by atoms with Crippen molar-refractivity contribution < 1.29 is 23.0 Å². The number of halogens is 4. The van der Waals surface area contributed by atoms with Crippen LogP contribution in [0.1, 0.15) is 24.0 Å². The summed E-state index contributed by atoms with van der Waals surface area (Å²) in [5.74, 6) is 5.18. The molecule has 148 valence electrons. The van der Waals surface area contributed by atoms with Crippen molar-refractivity contribution in [3.63, 3.8) is 0 Å². The van der Waals surface area contributed by atoms with Crippen molar-refractivity contribution in [2.75, 3.05) is 12.4 Å². The van der Waals surface area contributed by atoms with Gasteiger partial charge in [0.05, 0.1) is 7.11 Å². The van der Waals surface area contributed by atoms with E-state index in [-0.39, 0.29) is 23.2 Å². The largest absolute Gasteiger partial charge is 0.497 e. The molecule has 1 saturated carbocycles. The first-order valence-corrected chi connectivity index (χ1v) is 9.09. The first kappa shape index (κ1) is 20.4. The average molecular weight is 410 g/mol.